The molecule has 8 heteroatoms. The van der Waals surface area contributed by atoms with Crippen molar-refractivity contribution in [2.24, 2.45) is 4.99 Å². The van der Waals surface area contributed by atoms with Crippen molar-refractivity contribution in [3.8, 4) is 0 Å². The van der Waals surface area contributed by atoms with Gasteiger partial charge in [-0.25, -0.2) is 8.78 Å². The summed E-state index contributed by atoms with van der Waals surface area (Å²) < 4.78 is 27.3. The van der Waals surface area contributed by atoms with E-state index in [1.54, 1.807) is 0 Å². The predicted octanol–water partition coefficient (Wildman–Crippen LogP) is 2.69. The Labute approximate surface area is 170 Å². The summed E-state index contributed by atoms with van der Waals surface area (Å²) in [6.45, 7) is 6.16. The van der Waals surface area contributed by atoms with Gasteiger partial charge in [-0.1, -0.05) is 13.0 Å². The van der Waals surface area contributed by atoms with Gasteiger partial charge in [0.15, 0.2) is 5.96 Å². The minimum absolute atomic E-state index is 0. The van der Waals surface area contributed by atoms with Gasteiger partial charge in [0.2, 0.25) is 5.91 Å². The van der Waals surface area contributed by atoms with Gasteiger partial charge in [0.1, 0.15) is 11.6 Å². The molecule has 1 aromatic rings. The Kier molecular flexibility index (Phi) is 9.82. The molecule has 2 rings (SSSR count). The van der Waals surface area contributed by atoms with E-state index in [1.807, 2.05) is 18.7 Å². The minimum atomic E-state index is -0.544. The number of nitrogens with zero attached hydrogens (tertiary/aromatic N) is 2. The molecule has 1 unspecified atom stereocenters. The van der Waals surface area contributed by atoms with Crippen molar-refractivity contribution >= 4 is 35.8 Å². The molecule has 1 atom stereocenters. The number of hydrogen-bond donors (Lipinski definition) is 2. The van der Waals surface area contributed by atoms with Crippen LogP contribution in [0.4, 0.5) is 8.78 Å². The van der Waals surface area contributed by atoms with Crippen LogP contribution in [0.2, 0.25) is 0 Å². The first-order valence-electron chi connectivity index (χ1n) is 8.80. The second-order valence-electron chi connectivity index (χ2n) is 6.03. The molecule has 0 radical (unpaired) electrons. The maximum Gasteiger partial charge on any atom is 0.222 e. The highest BCUT2D eigenvalue weighted by molar-refractivity contribution is 14.0. The van der Waals surface area contributed by atoms with E-state index < -0.39 is 11.6 Å². The third kappa shape index (κ3) is 6.37. The Bertz CT molecular complexity index is 607. The van der Waals surface area contributed by atoms with Crippen molar-refractivity contribution in [1.82, 2.24) is 15.5 Å². The van der Waals surface area contributed by atoms with E-state index in [0.29, 0.717) is 25.5 Å². The van der Waals surface area contributed by atoms with E-state index in [1.165, 1.54) is 18.2 Å². The normalized spacial score (nSPS) is 17.0. The van der Waals surface area contributed by atoms with Gasteiger partial charge in [0.05, 0.1) is 0 Å². The van der Waals surface area contributed by atoms with Crippen LogP contribution in [0.1, 0.15) is 32.3 Å². The van der Waals surface area contributed by atoms with Gasteiger partial charge in [-0.3, -0.25) is 9.79 Å². The van der Waals surface area contributed by atoms with Crippen LogP contribution in [0.25, 0.3) is 0 Å². The van der Waals surface area contributed by atoms with Crippen LogP contribution in [-0.4, -0.2) is 49.0 Å². The number of halogens is 3. The van der Waals surface area contributed by atoms with Crippen LogP contribution in [0, 0.1) is 11.6 Å². The molecule has 1 fully saturated rings. The van der Waals surface area contributed by atoms with Crippen LogP contribution in [0.15, 0.2) is 23.2 Å². The fraction of sp³-hybridized carbons (Fsp3) is 0.556. The van der Waals surface area contributed by atoms with Crippen LogP contribution in [0.3, 0.4) is 0 Å². The summed E-state index contributed by atoms with van der Waals surface area (Å²) in [5.41, 5.74) is 0.0580. The molecular weight excluding hydrogens is 453 g/mol. The van der Waals surface area contributed by atoms with E-state index >= 15 is 0 Å². The standard InChI is InChI=1S/C18H26F2N4O.HI/c1-3-17(25)24-11-9-13(12-24)23-18(21-4-2)22-10-8-14-15(19)6-5-7-16(14)20;/h5-7,13H,3-4,8-12H2,1-2H3,(H2,21,22,23);1H. The number of carbonyl (C=O) groups is 1. The molecule has 1 heterocycles. The summed E-state index contributed by atoms with van der Waals surface area (Å²) >= 11 is 0. The SMILES string of the molecule is CCNC(=NCCc1c(F)cccc1F)NC1CCN(C(=O)CC)C1.I. The molecule has 1 aliphatic heterocycles. The lowest BCUT2D eigenvalue weighted by Gasteiger charge is -2.18. The fourth-order valence-electron chi connectivity index (χ4n) is 2.89. The zero-order valence-electron chi connectivity index (χ0n) is 15.2. The van der Waals surface area contributed by atoms with E-state index in [-0.39, 0.29) is 54.5 Å². The molecule has 0 saturated carbocycles. The number of rotatable bonds is 6. The third-order valence-corrected chi connectivity index (χ3v) is 4.22. The monoisotopic (exact) mass is 480 g/mol. The first kappa shape index (κ1) is 22.6. The lowest BCUT2D eigenvalue weighted by molar-refractivity contribution is -0.129. The van der Waals surface area contributed by atoms with Crippen molar-refractivity contribution < 1.29 is 13.6 Å². The molecule has 0 aromatic heterocycles. The molecule has 1 amide bonds. The molecule has 0 bridgehead atoms. The van der Waals surface area contributed by atoms with Gasteiger partial charge in [0.25, 0.3) is 0 Å². The van der Waals surface area contributed by atoms with E-state index in [4.69, 9.17) is 0 Å². The molecule has 5 nitrogen and oxygen atoms in total. The first-order valence-corrected chi connectivity index (χ1v) is 8.80. The quantitative estimate of drug-likeness (QED) is 0.374. The number of hydrogen-bond acceptors (Lipinski definition) is 2. The lowest BCUT2D eigenvalue weighted by atomic mass is 10.1. The molecule has 0 aliphatic carbocycles. The average Bonchev–Trinajstić information content (AvgIpc) is 3.05. The Balaban J connectivity index is 0.00000338. The highest BCUT2D eigenvalue weighted by Crippen LogP contribution is 2.13. The van der Waals surface area contributed by atoms with E-state index in [2.05, 4.69) is 15.6 Å². The molecule has 2 N–H and O–H groups in total. The van der Waals surface area contributed by atoms with Crippen molar-refractivity contribution in [3.05, 3.63) is 35.4 Å². The van der Waals surface area contributed by atoms with Crippen LogP contribution >= 0.6 is 24.0 Å². The van der Waals surface area contributed by atoms with Crippen LogP contribution in [0.5, 0.6) is 0 Å². The highest BCUT2D eigenvalue weighted by atomic mass is 127. The number of aliphatic imine (C=N–C) groups is 1. The zero-order valence-corrected chi connectivity index (χ0v) is 17.6. The average molecular weight is 480 g/mol. The number of amides is 1. The molecular formula is C18H27F2IN4O. The number of guanidine groups is 1. The van der Waals surface area contributed by atoms with Gasteiger partial charge < -0.3 is 15.5 Å². The number of likely N-dealkylation sites (tertiary alicyclic amines) is 1. The van der Waals surface area contributed by atoms with E-state index in [9.17, 15) is 13.6 Å². The Morgan fingerprint density at radius 2 is 2.00 bits per heavy atom. The Morgan fingerprint density at radius 1 is 1.31 bits per heavy atom. The number of carbonyl (C=O) groups excluding carboxylic acids is 1. The molecule has 0 spiro atoms. The summed E-state index contributed by atoms with van der Waals surface area (Å²) in [4.78, 5) is 18.0. The lowest BCUT2D eigenvalue weighted by Crippen LogP contribution is -2.45. The number of benzene rings is 1. The molecule has 1 aliphatic rings. The second kappa shape index (κ2) is 11.3. The van der Waals surface area contributed by atoms with E-state index in [0.717, 1.165) is 13.0 Å². The van der Waals surface area contributed by atoms with Crippen molar-refractivity contribution in [2.45, 2.75) is 39.2 Å². The van der Waals surface area contributed by atoms with Gasteiger partial charge >= 0.3 is 0 Å². The molecule has 26 heavy (non-hydrogen) atoms. The summed E-state index contributed by atoms with van der Waals surface area (Å²) in [6, 6.07) is 4.00. The zero-order chi connectivity index (χ0) is 18.2. The summed E-state index contributed by atoms with van der Waals surface area (Å²) in [5, 5.41) is 6.43. The molecule has 146 valence electrons. The van der Waals surface area contributed by atoms with Crippen LogP contribution in [-0.2, 0) is 11.2 Å². The first-order chi connectivity index (χ1) is 12.0. The summed E-state index contributed by atoms with van der Waals surface area (Å²) in [7, 11) is 0. The van der Waals surface area contributed by atoms with Crippen molar-refractivity contribution in [1.29, 1.82) is 0 Å². The van der Waals surface area contributed by atoms with Crippen LogP contribution < -0.4 is 10.6 Å². The second-order valence-corrected chi connectivity index (χ2v) is 6.03. The largest absolute Gasteiger partial charge is 0.357 e. The molecule has 1 aromatic carbocycles. The Hall–Kier alpha value is -1.45. The highest BCUT2D eigenvalue weighted by Gasteiger charge is 2.25. The molecule has 1 saturated heterocycles. The maximum atomic E-state index is 13.6. The maximum absolute atomic E-state index is 13.6. The predicted molar refractivity (Wildman–Crippen MR) is 110 cm³/mol. The summed E-state index contributed by atoms with van der Waals surface area (Å²) in [5.74, 6) is -0.327. The minimum Gasteiger partial charge on any atom is -0.357 e. The third-order valence-electron chi connectivity index (χ3n) is 4.22. The van der Waals surface area contributed by atoms with Gasteiger partial charge in [0, 0.05) is 44.2 Å². The van der Waals surface area contributed by atoms with Crippen molar-refractivity contribution in [3.63, 3.8) is 0 Å². The smallest absolute Gasteiger partial charge is 0.222 e. The van der Waals surface area contributed by atoms with Crippen molar-refractivity contribution in [2.75, 3.05) is 26.2 Å². The van der Waals surface area contributed by atoms with Gasteiger partial charge in [-0.05, 0) is 31.9 Å². The number of nitrogens with one attached hydrogen (secondary N) is 2. The fourth-order valence-corrected chi connectivity index (χ4v) is 2.89. The summed E-state index contributed by atoms with van der Waals surface area (Å²) in [6.07, 6.45) is 1.56. The van der Waals surface area contributed by atoms with Gasteiger partial charge in [-0.2, -0.15) is 0 Å². The Morgan fingerprint density at radius 3 is 2.62 bits per heavy atom. The van der Waals surface area contributed by atoms with Gasteiger partial charge in [-0.15, -0.1) is 24.0 Å². The topological polar surface area (TPSA) is 56.7 Å².